The smallest absolute Gasteiger partial charge is 0.365 e. The summed E-state index contributed by atoms with van der Waals surface area (Å²) in [5, 5.41) is 13.9. The van der Waals surface area contributed by atoms with Gasteiger partial charge in [0.1, 0.15) is 0 Å². The van der Waals surface area contributed by atoms with Gasteiger partial charge < -0.3 is 15.2 Å². The zero-order valence-electron chi connectivity index (χ0n) is 9.73. The highest BCUT2D eigenvalue weighted by Crippen LogP contribution is 2.34. The van der Waals surface area contributed by atoms with Crippen molar-refractivity contribution >= 4 is 17.3 Å². The van der Waals surface area contributed by atoms with Crippen LogP contribution in [0.4, 0.5) is 0 Å². The third-order valence-electron chi connectivity index (χ3n) is 3.19. The van der Waals surface area contributed by atoms with Gasteiger partial charge >= 0.3 is 5.97 Å². The van der Waals surface area contributed by atoms with E-state index in [0.29, 0.717) is 6.54 Å². The van der Waals surface area contributed by atoms with E-state index in [2.05, 4.69) is 10.3 Å². The van der Waals surface area contributed by atoms with Crippen LogP contribution in [0.3, 0.4) is 0 Å². The molecule has 0 unspecified atom stereocenters. The SMILES string of the molecule is COC1(CNCc2csc(C(=O)O)n2)CCC1. The van der Waals surface area contributed by atoms with Crippen LogP contribution < -0.4 is 5.32 Å². The van der Waals surface area contributed by atoms with E-state index in [1.807, 2.05) is 0 Å². The number of carboxylic acid groups (broad SMARTS) is 1. The maximum absolute atomic E-state index is 10.7. The fourth-order valence-electron chi connectivity index (χ4n) is 1.93. The summed E-state index contributed by atoms with van der Waals surface area (Å²) in [6.07, 6.45) is 3.40. The molecule has 1 aromatic rings. The maximum atomic E-state index is 10.7. The highest BCUT2D eigenvalue weighted by atomic mass is 32.1. The molecule has 0 bridgehead atoms. The molecule has 5 nitrogen and oxygen atoms in total. The van der Waals surface area contributed by atoms with Gasteiger partial charge in [0.2, 0.25) is 5.01 Å². The van der Waals surface area contributed by atoms with Gasteiger partial charge in [0, 0.05) is 25.6 Å². The molecule has 0 atom stereocenters. The Kier molecular flexibility index (Phi) is 3.76. The van der Waals surface area contributed by atoms with Crippen molar-refractivity contribution in [2.75, 3.05) is 13.7 Å². The second-order valence-electron chi connectivity index (χ2n) is 4.29. The third-order valence-corrected chi connectivity index (χ3v) is 4.06. The summed E-state index contributed by atoms with van der Waals surface area (Å²) in [5.41, 5.74) is 0.768. The van der Waals surface area contributed by atoms with Crippen LogP contribution in [-0.2, 0) is 11.3 Å². The molecule has 2 N–H and O–H groups in total. The van der Waals surface area contributed by atoms with Crippen molar-refractivity contribution in [3.05, 3.63) is 16.1 Å². The van der Waals surface area contributed by atoms with Crippen molar-refractivity contribution in [2.24, 2.45) is 0 Å². The predicted molar refractivity (Wildman–Crippen MR) is 64.4 cm³/mol. The van der Waals surface area contributed by atoms with E-state index >= 15 is 0 Å². The van der Waals surface area contributed by atoms with Gasteiger partial charge in [-0.15, -0.1) is 11.3 Å². The minimum Gasteiger partial charge on any atom is -0.476 e. The first kappa shape index (κ1) is 12.5. The lowest BCUT2D eigenvalue weighted by molar-refractivity contribution is -0.0695. The van der Waals surface area contributed by atoms with Gasteiger partial charge in [-0.3, -0.25) is 0 Å². The van der Waals surface area contributed by atoms with Crippen LogP contribution in [0.25, 0.3) is 0 Å². The molecule has 94 valence electrons. The lowest BCUT2D eigenvalue weighted by Crippen LogP contribution is -2.47. The van der Waals surface area contributed by atoms with Crippen LogP contribution in [0.1, 0.15) is 34.8 Å². The number of aromatic carboxylic acids is 1. The average Bonchev–Trinajstić information content (AvgIpc) is 2.71. The number of hydrogen-bond donors (Lipinski definition) is 2. The number of ether oxygens (including phenoxy) is 1. The van der Waals surface area contributed by atoms with E-state index in [4.69, 9.17) is 9.84 Å². The number of aromatic nitrogens is 1. The van der Waals surface area contributed by atoms with Gasteiger partial charge in [0.25, 0.3) is 0 Å². The van der Waals surface area contributed by atoms with E-state index in [9.17, 15) is 4.79 Å². The summed E-state index contributed by atoms with van der Waals surface area (Å²) < 4.78 is 5.48. The normalized spacial score (nSPS) is 17.7. The lowest BCUT2D eigenvalue weighted by Gasteiger charge is -2.40. The fraction of sp³-hybridized carbons (Fsp3) is 0.636. The van der Waals surface area contributed by atoms with Crippen LogP contribution in [0.5, 0.6) is 0 Å². The zero-order chi connectivity index (χ0) is 12.3. The van der Waals surface area contributed by atoms with E-state index in [0.717, 1.165) is 36.4 Å². The number of nitrogens with zero attached hydrogens (tertiary/aromatic N) is 1. The Morgan fingerprint density at radius 2 is 2.47 bits per heavy atom. The Morgan fingerprint density at radius 1 is 1.71 bits per heavy atom. The second kappa shape index (κ2) is 5.12. The van der Waals surface area contributed by atoms with Crippen LogP contribution in [0.2, 0.25) is 0 Å². The molecule has 0 aliphatic heterocycles. The van der Waals surface area contributed by atoms with E-state index in [1.165, 1.54) is 6.42 Å². The zero-order valence-corrected chi connectivity index (χ0v) is 10.5. The summed E-state index contributed by atoms with van der Waals surface area (Å²) in [6, 6.07) is 0. The van der Waals surface area contributed by atoms with Gasteiger partial charge in [0.15, 0.2) is 0 Å². The highest BCUT2D eigenvalue weighted by Gasteiger charge is 2.36. The Hall–Kier alpha value is -0.980. The topological polar surface area (TPSA) is 71.5 Å². The number of rotatable bonds is 6. The molecule has 0 radical (unpaired) electrons. The monoisotopic (exact) mass is 256 g/mol. The van der Waals surface area contributed by atoms with Gasteiger partial charge in [-0.05, 0) is 19.3 Å². The molecule has 1 aliphatic rings. The van der Waals surface area contributed by atoms with Crippen molar-refractivity contribution in [3.63, 3.8) is 0 Å². The van der Waals surface area contributed by atoms with Crippen LogP contribution in [-0.4, -0.2) is 35.3 Å². The van der Waals surface area contributed by atoms with Crippen LogP contribution >= 0.6 is 11.3 Å². The molecule has 6 heteroatoms. The standard InChI is InChI=1S/C11H16N2O3S/c1-16-11(3-2-4-11)7-12-5-8-6-17-9(13-8)10(14)15/h6,12H,2-5,7H2,1H3,(H,14,15). The fourth-order valence-corrected chi connectivity index (χ4v) is 2.58. The van der Waals surface area contributed by atoms with Crippen molar-refractivity contribution in [1.29, 1.82) is 0 Å². The van der Waals surface area contributed by atoms with Gasteiger partial charge in [-0.25, -0.2) is 9.78 Å². The molecule has 1 aromatic heterocycles. The first-order valence-corrected chi connectivity index (χ1v) is 6.47. The molecule has 1 heterocycles. The van der Waals surface area contributed by atoms with Crippen molar-refractivity contribution in [1.82, 2.24) is 10.3 Å². The van der Waals surface area contributed by atoms with E-state index in [1.54, 1.807) is 12.5 Å². The molecule has 0 aromatic carbocycles. The number of thiazole rings is 1. The highest BCUT2D eigenvalue weighted by molar-refractivity contribution is 7.11. The van der Waals surface area contributed by atoms with Crippen molar-refractivity contribution < 1.29 is 14.6 Å². The number of carboxylic acids is 1. The summed E-state index contributed by atoms with van der Waals surface area (Å²) >= 11 is 1.16. The Bertz CT molecular complexity index is 396. The van der Waals surface area contributed by atoms with E-state index in [-0.39, 0.29) is 10.6 Å². The minimum absolute atomic E-state index is 0.00828. The molecule has 0 spiro atoms. The maximum Gasteiger partial charge on any atom is 0.365 e. The van der Waals surface area contributed by atoms with Crippen LogP contribution in [0, 0.1) is 0 Å². The summed E-state index contributed by atoms with van der Waals surface area (Å²) in [7, 11) is 1.74. The van der Waals surface area contributed by atoms with Gasteiger partial charge in [-0.2, -0.15) is 0 Å². The summed E-state index contributed by atoms with van der Waals surface area (Å²) in [4.78, 5) is 14.7. The number of hydrogen-bond acceptors (Lipinski definition) is 5. The molecule has 1 fully saturated rings. The summed E-state index contributed by atoms with van der Waals surface area (Å²) in [5.74, 6) is -0.964. The van der Waals surface area contributed by atoms with Crippen molar-refractivity contribution in [3.8, 4) is 0 Å². The first-order chi connectivity index (χ1) is 8.15. The minimum atomic E-state index is -0.964. The quantitative estimate of drug-likeness (QED) is 0.807. The Balaban J connectivity index is 1.79. The molecular formula is C11H16N2O3S. The lowest BCUT2D eigenvalue weighted by atomic mass is 9.80. The largest absolute Gasteiger partial charge is 0.476 e. The van der Waals surface area contributed by atoms with Gasteiger partial charge in [0.05, 0.1) is 11.3 Å². The molecule has 0 amide bonds. The van der Waals surface area contributed by atoms with E-state index < -0.39 is 5.97 Å². The molecule has 17 heavy (non-hydrogen) atoms. The predicted octanol–water partition coefficient (Wildman–Crippen LogP) is 1.50. The van der Waals surface area contributed by atoms with Gasteiger partial charge in [-0.1, -0.05) is 0 Å². The Labute approximate surface area is 104 Å². The molecule has 1 aliphatic carbocycles. The molecule has 1 saturated carbocycles. The Morgan fingerprint density at radius 3 is 2.94 bits per heavy atom. The first-order valence-electron chi connectivity index (χ1n) is 5.59. The summed E-state index contributed by atoms with van der Waals surface area (Å²) in [6.45, 7) is 1.39. The van der Waals surface area contributed by atoms with Crippen molar-refractivity contribution in [2.45, 2.75) is 31.4 Å². The molecular weight excluding hydrogens is 240 g/mol. The average molecular weight is 256 g/mol. The third kappa shape index (κ3) is 2.83. The van der Waals surface area contributed by atoms with Crippen LogP contribution in [0.15, 0.2) is 5.38 Å². The second-order valence-corrected chi connectivity index (χ2v) is 5.15. The molecule has 0 saturated heterocycles. The molecule has 2 rings (SSSR count). The number of carbonyl (C=O) groups is 1. The number of methoxy groups -OCH3 is 1. The number of nitrogens with one attached hydrogen (secondary N) is 1.